The number of rotatable bonds is 5. The second-order valence-electron chi connectivity index (χ2n) is 6.91. The van der Waals surface area contributed by atoms with Gasteiger partial charge in [0.1, 0.15) is 11.3 Å². The summed E-state index contributed by atoms with van der Waals surface area (Å²) < 4.78 is 15.9. The highest BCUT2D eigenvalue weighted by Gasteiger charge is 2.31. The predicted molar refractivity (Wildman–Crippen MR) is 105 cm³/mol. The molecule has 2 heterocycles. The van der Waals surface area contributed by atoms with Crippen molar-refractivity contribution in [3.05, 3.63) is 59.9 Å². The summed E-state index contributed by atoms with van der Waals surface area (Å²) in [7, 11) is 1.58. The monoisotopic (exact) mass is 379 g/mol. The lowest BCUT2D eigenvalue weighted by molar-refractivity contribution is -0.147. The van der Waals surface area contributed by atoms with Crippen molar-refractivity contribution < 1.29 is 23.5 Å². The smallest absolute Gasteiger partial charge is 0.310 e. The fourth-order valence-electron chi connectivity index (χ4n) is 3.69. The molecule has 4 rings (SSSR count). The number of anilines is 1. The van der Waals surface area contributed by atoms with E-state index in [-0.39, 0.29) is 25.0 Å². The van der Waals surface area contributed by atoms with Crippen molar-refractivity contribution in [2.75, 3.05) is 18.6 Å². The molecular weight excluding hydrogens is 358 g/mol. The van der Waals surface area contributed by atoms with Crippen molar-refractivity contribution in [1.82, 2.24) is 0 Å². The SMILES string of the molecule is COc1ccc2c(CC(=O)OCC(=O)N3c4ccccc4CC3C)coc2c1. The molecule has 0 saturated heterocycles. The van der Waals surface area contributed by atoms with Crippen LogP contribution in [0.5, 0.6) is 5.75 Å². The van der Waals surface area contributed by atoms with Crippen molar-refractivity contribution in [3.63, 3.8) is 0 Å². The average Bonchev–Trinajstić information content (AvgIpc) is 3.25. The van der Waals surface area contributed by atoms with E-state index in [1.165, 1.54) is 6.26 Å². The van der Waals surface area contributed by atoms with E-state index in [1.54, 1.807) is 18.1 Å². The molecule has 1 aliphatic rings. The largest absolute Gasteiger partial charge is 0.497 e. The van der Waals surface area contributed by atoms with Crippen LogP contribution < -0.4 is 9.64 Å². The summed E-state index contributed by atoms with van der Waals surface area (Å²) in [5.41, 5.74) is 3.39. The van der Waals surface area contributed by atoms with E-state index in [4.69, 9.17) is 13.9 Å². The molecule has 0 spiro atoms. The molecule has 6 nitrogen and oxygen atoms in total. The lowest BCUT2D eigenvalue weighted by atomic mass is 10.1. The molecule has 0 saturated carbocycles. The highest BCUT2D eigenvalue weighted by Crippen LogP contribution is 2.32. The van der Waals surface area contributed by atoms with Crippen LogP contribution in [0.25, 0.3) is 11.0 Å². The molecule has 0 bridgehead atoms. The highest BCUT2D eigenvalue weighted by molar-refractivity contribution is 5.98. The zero-order chi connectivity index (χ0) is 19.7. The van der Waals surface area contributed by atoms with Crippen LogP contribution in [0.3, 0.4) is 0 Å². The summed E-state index contributed by atoms with van der Waals surface area (Å²) in [6.07, 6.45) is 2.38. The van der Waals surface area contributed by atoms with E-state index in [1.807, 2.05) is 43.3 Å². The van der Waals surface area contributed by atoms with Gasteiger partial charge in [-0.25, -0.2) is 0 Å². The third-order valence-corrected chi connectivity index (χ3v) is 5.03. The Morgan fingerprint density at radius 2 is 2.04 bits per heavy atom. The van der Waals surface area contributed by atoms with Gasteiger partial charge in [0.05, 0.1) is 19.8 Å². The maximum Gasteiger partial charge on any atom is 0.310 e. The Balaban J connectivity index is 1.39. The summed E-state index contributed by atoms with van der Waals surface area (Å²) in [5, 5.41) is 0.825. The number of esters is 1. The lowest BCUT2D eigenvalue weighted by Gasteiger charge is -2.22. The number of methoxy groups -OCH3 is 1. The Bertz CT molecular complexity index is 1040. The number of furan rings is 1. The van der Waals surface area contributed by atoms with Crippen molar-refractivity contribution in [2.24, 2.45) is 0 Å². The summed E-state index contributed by atoms with van der Waals surface area (Å²) >= 11 is 0. The van der Waals surface area contributed by atoms with Gasteiger partial charge in [0.25, 0.3) is 5.91 Å². The van der Waals surface area contributed by atoms with Crippen LogP contribution in [-0.4, -0.2) is 31.6 Å². The van der Waals surface area contributed by atoms with Gasteiger partial charge in [0.2, 0.25) is 0 Å². The van der Waals surface area contributed by atoms with E-state index in [0.717, 1.165) is 28.6 Å². The molecule has 3 aromatic rings. The zero-order valence-corrected chi connectivity index (χ0v) is 15.8. The van der Waals surface area contributed by atoms with Crippen LogP contribution in [0.15, 0.2) is 53.1 Å². The quantitative estimate of drug-likeness (QED) is 0.635. The van der Waals surface area contributed by atoms with E-state index in [2.05, 4.69) is 0 Å². The number of ether oxygens (including phenoxy) is 2. The number of fused-ring (bicyclic) bond motifs is 2. The molecule has 6 heteroatoms. The van der Waals surface area contributed by atoms with Crippen LogP contribution in [0.1, 0.15) is 18.1 Å². The molecule has 0 radical (unpaired) electrons. The van der Waals surface area contributed by atoms with E-state index in [0.29, 0.717) is 11.3 Å². The summed E-state index contributed by atoms with van der Waals surface area (Å²) in [4.78, 5) is 26.6. The summed E-state index contributed by atoms with van der Waals surface area (Å²) in [5.74, 6) is 0.00109. The number of amides is 1. The lowest BCUT2D eigenvalue weighted by Crippen LogP contribution is -2.38. The fourth-order valence-corrected chi connectivity index (χ4v) is 3.69. The van der Waals surface area contributed by atoms with Crippen LogP contribution in [-0.2, 0) is 27.2 Å². The van der Waals surface area contributed by atoms with Crippen LogP contribution >= 0.6 is 0 Å². The van der Waals surface area contributed by atoms with Gasteiger partial charge in [-0.2, -0.15) is 0 Å². The molecule has 0 aliphatic carbocycles. The number of para-hydroxylation sites is 1. The molecule has 1 aromatic heterocycles. The number of carbonyl (C=O) groups is 2. The summed E-state index contributed by atoms with van der Waals surface area (Å²) in [6.45, 7) is 1.71. The minimum atomic E-state index is -0.466. The maximum absolute atomic E-state index is 12.6. The molecule has 0 fully saturated rings. The maximum atomic E-state index is 12.6. The van der Waals surface area contributed by atoms with E-state index < -0.39 is 5.97 Å². The fraction of sp³-hybridized carbons (Fsp3) is 0.273. The molecule has 28 heavy (non-hydrogen) atoms. The molecule has 144 valence electrons. The second-order valence-corrected chi connectivity index (χ2v) is 6.91. The minimum Gasteiger partial charge on any atom is -0.497 e. The Morgan fingerprint density at radius 1 is 1.21 bits per heavy atom. The van der Waals surface area contributed by atoms with E-state index >= 15 is 0 Å². The number of benzene rings is 2. The molecule has 1 aliphatic heterocycles. The zero-order valence-electron chi connectivity index (χ0n) is 15.8. The van der Waals surface area contributed by atoms with Gasteiger partial charge in [-0.1, -0.05) is 18.2 Å². The third-order valence-electron chi connectivity index (χ3n) is 5.03. The number of hydrogen-bond acceptors (Lipinski definition) is 5. The molecular formula is C22H21NO5. The number of nitrogens with zero attached hydrogens (tertiary/aromatic N) is 1. The summed E-state index contributed by atoms with van der Waals surface area (Å²) in [6, 6.07) is 13.3. The molecule has 1 atom stereocenters. The Hall–Kier alpha value is -3.28. The highest BCUT2D eigenvalue weighted by atomic mass is 16.5. The van der Waals surface area contributed by atoms with Crippen LogP contribution in [0.4, 0.5) is 5.69 Å². The van der Waals surface area contributed by atoms with Crippen molar-refractivity contribution >= 4 is 28.5 Å². The first-order valence-corrected chi connectivity index (χ1v) is 9.16. The molecule has 0 N–H and O–H groups in total. The van der Waals surface area contributed by atoms with Gasteiger partial charge in [0.15, 0.2) is 6.61 Å². The molecule has 2 aromatic carbocycles. The molecule has 1 amide bonds. The van der Waals surface area contributed by atoms with Gasteiger partial charge in [-0.15, -0.1) is 0 Å². The van der Waals surface area contributed by atoms with Gasteiger partial charge in [-0.05, 0) is 37.1 Å². The van der Waals surface area contributed by atoms with Crippen molar-refractivity contribution in [3.8, 4) is 5.75 Å². The van der Waals surface area contributed by atoms with Gasteiger partial charge in [-0.3, -0.25) is 9.59 Å². The molecule has 1 unspecified atom stereocenters. The normalized spacial score (nSPS) is 15.5. The van der Waals surface area contributed by atoms with Crippen molar-refractivity contribution in [1.29, 1.82) is 0 Å². The third kappa shape index (κ3) is 3.33. The van der Waals surface area contributed by atoms with Crippen molar-refractivity contribution in [2.45, 2.75) is 25.8 Å². The second kappa shape index (κ2) is 7.38. The van der Waals surface area contributed by atoms with Gasteiger partial charge in [0, 0.05) is 28.7 Å². The standard InChI is InChI=1S/C22H21NO5/c1-14-9-15-5-3-4-6-19(15)23(14)21(24)13-28-22(25)10-16-12-27-20-11-17(26-2)7-8-18(16)20/h3-8,11-12,14H,9-10,13H2,1-2H3. The Morgan fingerprint density at radius 3 is 2.86 bits per heavy atom. The average molecular weight is 379 g/mol. The number of carbonyl (C=O) groups excluding carboxylic acids is 2. The first kappa shape index (κ1) is 18.1. The van der Waals surface area contributed by atoms with Gasteiger partial charge >= 0.3 is 5.97 Å². The number of hydrogen-bond donors (Lipinski definition) is 0. The first-order chi connectivity index (χ1) is 13.6. The van der Waals surface area contributed by atoms with Gasteiger partial charge < -0.3 is 18.8 Å². The first-order valence-electron chi connectivity index (χ1n) is 9.16. The Labute approximate surface area is 162 Å². The Kier molecular flexibility index (Phi) is 4.77. The predicted octanol–water partition coefficient (Wildman–Crippen LogP) is 3.50. The minimum absolute atomic E-state index is 0.0404. The van der Waals surface area contributed by atoms with E-state index in [9.17, 15) is 9.59 Å². The topological polar surface area (TPSA) is 69.0 Å². The van der Waals surface area contributed by atoms with Crippen LogP contribution in [0.2, 0.25) is 0 Å². The van der Waals surface area contributed by atoms with Crippen LogP contribution in [0, 0.1) is 0 Å².